The maximum Gasteiger partial charge on any atom is 0.470 e. The van der Waals surface area contributed by atoms with Crippen molar-refractivity contribution in [2.45, 2.75) is 36.6 Å². The van der Waals surface area contributed by atoms with Gasteiger partial charge in [0.15, 0.2) is 0 Å². The van der Waals surface area contributed by atoms with Crippen LogP contribution in [-0.4, -0.2) is 95.3 Å². The minimum absolute atomic E-state index is 0. The molecule has 0 radical (unpaired) electrons. The highest BCUT2D eigenvalue weighted by molar-refractivity contribution is 7.47. The first-order valence-electron chi connectivity index (χ1n) is 8.01. The zero-order valence-corrected chi connectivity index (χ0v) is 23.8. The summed E-state index contributed by atoms with van der Waals surface area (Å²) in [7, 11) is -36.1. The lowest BCUT2D eigenvalue weighted by Gasteiger charge is -2.48. The Hall–Kier alpha value is 0.580. The molecule has 26 nitrogen and oxygen atoms in total. The predicted octanol–water partition coefficient (Wildman–Crippen LogP) is -2.38. The van der Waals surface area contributed by atoms with Gasteiger partial charge >= 0.3 is 46.9 Å². The highest BCUT2D eigenvalue weighted by atomic mass is 31.2. The molecule has 20 N–H and O–H groups in total. The number of quaternary nitrogens is 2. The Balaban J connectivity index is 0. The summed E-state index contributed by atoms with van der Waals surface area (Å²) in [6.45, 7) is 0. The van der Waals surface area contributed by atoms with E-state index in [1.807, 2.05) is 0 Å². The second-order valence-corrected chi connectivity index (χ2v) is 13.5. The summed E-state index contributed by atoms with van der Waals surface area (Å²) in [6, 6.07) is 0. The van der Waals surface area contributed by atoms with E-state index in [0.717, 1.165) is 0 Å². The van der Waals surface area contributed by atoms with Gasteiger partial charge in [0.05, 0.1) is 0 Å². The molecule has 32 heteroatoms. The topological polar surface area (TPSA) is 474 Å². The third-order valence-electron chi connectivity index (χ3n) is 3.50. The SMILES string of the molecule is O=P(O)(O)OC1C(OP(=O)(O)O)C(OP(=O)(O)O)C(OP(=O)(O)O)C(OP(=O)(O)O)C1OP(=O)(O)O.[NH4+].[NH4+]. The number of hydrogen-bond donors (Lipinski definition) is 14. The quantitative estimate of drug-likeness (QED) is 0.0947. The maximum absolute atomic E-state index is 11.4. The molecule has 0 aliphatic heterocycles. The van der Waals surface area contributed by atoms with E-state index in [4.69, 9.17) is 58.7 Å². The van der Waals surface area contributed by atoms with Gasteiger partial charge in [-0.15, -0.1) is 0 Å². The van der Waals surface area contributed by atoms with Crippen LogP contribution < -0.4 is 12.3 Å². The van der Waals surface area contributed by atoms with Crippen molar-refractivity contribution in [3.63, 3.8) is 0 Å². The maximum atomic E-state index is 11.4. The highest BCUT2D eigenvalue weighted by Gasteiger charge is 2.62. The van der Waals surface area contributed by atoms with Crippen LogP contribution >= 0.6 is 46.9 Å². The molecule has 0 amide bonds. The number of rotatable bonds is 12. The van der Waals surface area contributed by atoms with E-state index >= 15 is 0 Å². The lowest BCUT2D eigenvalue weighted by atomic mass is 9.85. The Morgan fingerprint density at radius 3 is 0.421 bits per heavy atom. The lowest BCUT2D eigenvalue weighted by molar-refractivity contribution is -0.202. The number of phosphoric acid groups is 6. The van der Waals surface area contributed by atoms with E-state index in [1.165, 1.54) is 0 Å². The molecule has 1 aliphatic carbocycles. The predicted molar refractivity (Wildman–Crippen MR) is 113 cm³/mol. The minimum atomic E-state index is -6.02. The molecule has 0 saturated heterocycles. The van der Waals surface area contributed by atoms with Gasteiger partial charge in [0.2, 0.25) is 0 Å². The standard InChI is InChI=1S/C6H18O24P6.2H3N/c7-31(8,9)25-1-2(26-32(10,11)12)4(28-34(16,17)18)6(30-36(22,23)24)5(29-35(19,20)21)3(1)27-33(13,14)15;;/h1-6H,(H2,7,8,9)(H2,10,11,12)(H2,13,14,15)(H2,16,17,18)(H2,19,20,21)(H2,22,23,24);2*1H3/p+2. The summed E-state index contributed by atoms with van der Waals surface area (Å²) in [5.74, 6) is 0. The average molecular weight is 696 g/mol. The first-order chi connectivity index (χ1) is 15.6. The first kappa shape index (κ1) is 40.7. The van der Waals surface area contributed by atoms with Crippen molar-refractivity contribution in [1.29, 1.82) is 0 Å². The molecule has 0 aromatic rings. The van der Waals surface area contributed by atoms with Crippen LogP contribution in [0.4, 0.5) is 0 Å². The van der Waals surface area contributed by atoms with E-state index in [2.05, 4.69) is 27.1 Å². The summed E-state index contributed by atoms with van der Waals surface area (Å²) in [5, 5.41) is 0. The zero-order valence-electron chi connectivity index (χ0n) is 18.4. The zero-order chi connectivity index (χ0) is 28.7. The van der Waals surface area contributed by atoms with Gasteiger partial charge in [-0.25, -0.2) is 27.4 Å². The Morgan fingerprint density at radius 2 is 0.368 bits per heavy atom. The summed E-state index contributed by atoms with van der Waals surface area (Å²) >= 11 is 0. The monoisotopic (exact) mass is 696 g/mol. The third-order valence-corrected chi connectivity index (χ3v) is 6.61. The van der Waals surface area contributed by atoms with Gasteiger partial charge in [0, 0.05) is 0 Å². The van der Waals surface area contributed by atoms with Gasteiger partial charge in [-0.1, -0.05) is 0 Å². The van der Waals surface area contributed by atoms with Gasteiger partial charge in [0.1, 0.15) is 36.6 Å². The lowest BCUT2D eigenvalue weighted by Crippen LogP contribution is -2.66. The van der Waals surface area contributed by atoms with Crippen LogP contribution in [0.2, 0.25) is 0 Å². The first-order valence-corrected chi connectivity index (χ1v) is 17.2. The molecule has 0 atom stereocenters. The highest BCUT2D eigenvalue weighted by Crippen LogP contribution is 2.57. The van der Waals surface area contributed by atoms with Crippen molar-refractivity contribution < 1.29 is 113 Å². The van der Waals surface area contributed by atoms with Crippen LogP contribution in [0.25, 0.3) is 0 Å². The van der Waals surface area contributed by atoms with Crippen molar-refractivity contribution >= 4 is 46.9 Å². The summed E-state index contributed by atoms with van der Waals surface area (Å²) < 4.78 is 93.1. The second kappa shape index (κ2) is 13.7. The summed E-state index contributed by atoms with van der Waals surface area (Å²) in [6.07, 6.45) is -18.9. The van der Waals surface area contributed by atoms with Crippen LogP contribution in [-0.2, 0) is 54.5 Å². The van der Waals surface area contributed by atoms with Crippen molar-refractivity contribution in [2.24, 2.45) is 0 Å². The molecule has 0 aromatic heterocycles. The van der Waals surface area contributed by atoms with Crippen LogP contribution in [0.5, 0.6) is 0 Å². The van der Waals surface area contributed by atoms with E-state index in [1.54, 1.807) is 0 Å². The van der Waals surface area contributed by atoms with Gasteiger partial charge < -0.3 is 71.0 Å². The van der Waals surface area contributed by atoms with Crippen LogP contribution in [0.15, 0.2) is 0 Å². The molecule has 1 saturated carbocycles. The molecule has 232 valence electrons. The molecular weight excluding hydrogens is 670 g/mol. The summed E-state index contributed by atoms with van der Waals surface area (Å²) in [5.41, 5.74) is 0. The van der Waals surface area contributed by atoms with E-state index in [0.29, 0.717) is 0 Å². The van der Waals surface area contributed by atoms with Crippen LogP contribution in [0.3, 0.4) is 0 Å². The van der Waals surface area contributed by atoms with E-state index in [9.17, 15) is 27.4 Å². The molecule has 1 aliphatic rings. The molecule has 0 aromatic carbocycles. The number of phosphoric ester groups is 6. The molecule has 0 unspecified atom stereocenters. The van der Waals surface area contributed by atoms with Crippen molar-refractivity contribution in [3.05, 3.63) is 0 Å². The average Bonchev–Trinajstić information content (AvgIpc) is 2.51. The van der Waals surface area contributed by atoms with Gasteiger partial charge in [-0.05, 0) is 0 Å². The van der Waals surface area contributed by atoms with E-state index in [-0.39, 0.29) is 12.3 Å². The van der Waals surface area contributed by atoms with Crippen LogP contribution in [0.1, 0.15) is 0 Å². The summed E-state index contributed by atoms with van der Waals surface area (Å²) in [4.78, 5) is 110. The largest absolute Gasteiger partial charge is 0.470 e. The third kappa shape index (κ3) is 15.5. The van der Waals surface area contributed by atoms with Crippen molar-refractivity contribution in [3.8, 4) is 0 Å². The van der Waals surface area contributed by atoms with Gasteiger partial charge in [-0.2, -0.15) is 0 Å². The van der Waals surface area contributed by atoms with Crippen LogP contribution in [0, 0.1) is 0 Å². The second-order valence-electron chi connectivity index (χ2n) is 6.36. The van der Waals surface area contributed by atoms with Crippen molar-refractivity contribution in [2.75, 3.05) is 0 Å². The number of hydrogen-bond acceptors (Lipinski definition) is 12. The molecule has 38 heavy (non-hydrogen) atoms. The normalized spacial score (nSPS) is 27.8. The minimum Gasteiger partial charge on any atom is -0.369 e. The Kier molecular flexibility index (Phi) is 14.7. The Morgan fingerprint density at radius 1 is 0.289 bits per heavy atom. The fourth-order valence-electron chi connectivity index (χ4n) is 2.79. The molecule has 1 fully saturated rings. The fraction of sp³-hybridized carbons (Fsp3) is 1.00. The smallest absolute Gasteiger partial charge is 0.369 e. The van der Waals surface area contributed by atoms with Gasteiger partial charge in [-0.3, -0.25) is 27.1 Å². The molecule has 0 spiro atoms. The Labute approximate surface area is 209 Å². The Bertz CT molecular complexity index is 829. The van der Waals surface area contributed by atoms with E-state index < -0.39 is 83.6 Å². The molecule has 0 heterocycles. The van der Waals surface area contributed by atoms with Crippen molar-refractivity contribution in [1.82, 2.24) is 12.3 Å². The molecule has 0 bridgehead atoms. The van der Waals surface area contributed by atoms with Gasteiger partial charge in [0.25, 0.3) is 0 Å². The molecular formula is C6H26N2O24P6+2. The molecule has 1 rings (SSSR count). The fourth-order valence-corrected chi connectivity index (χ4v) is 6.14.